The molecule has 0 atom stereocenters. The van der Waals surface area contributed by atoms with Crippen molar-refractivity contribution < 1.29 is 8.83 Å². The van der Waals surface area contributed by atoms with Crippen molar-refractivity contribution in [3.8, 4) is 33.4 Å². The van der Waals surface area contributed by atoms with Gasteiger partial charge in [-0.05, 0) is 118 Å². The number of nitrogens with zero attached hydrogens (tertiary/aromatic N) is 1. The first kappa shape index (κ1) is 34.0. The number of para-hydroxylation sites is 2. The van der Waals surface area contributed by atoms with Crippen molar-refractivity contribution in [1.82, 2.24) is 0 Å². The van der Waals surface area contributed by atoms with Gasteiger partial charge in [-0.25, -0.2) is 4.99 Å². The highest BCUT2D eigenvalue weighted by Crippen LogP contribution is 2.37. The first-order valence-electron chi connectivity index (χ1n) is 19.2. The van der Waals surface area contributed by atoms with Crippen LogP contribution in [0, 0.1) is 0 Å². The summed E-state index contributed by atoms with van der Waals surface area (Å²) in [7, 11) is 0. The number of rotatable bonds is 8. The maximum absolute atomic E-state index is 6.37. The first-order valence-corrected chi connectivity index (χ1v) is 19.2. The zero-order chi connectivity index (χ0) is 38.3. The average molecular weight is 732 g/mol. The van der Waals surface area contributed by atoms with Gasteiger partial charge in [0, 0.05) is 27.1 Å². The Balaban J connectivity index is 1.15. The zero-order valence-electron chi connectivity index (χ0n) is 31.4. The molecule has 0 amide bonds. The molecule has 3 heteroatoms. The summed E-state index contributed by atoms with van der Waals surface area (Å²) in [5.41, 5.74) is 15.7. The van der Waals surface area contributed by atoms with E-state index in [2.05, 4.69) is 159 Å². The molecule has 0 saturated carbocycles. The normalized spacial score (nSPS) is 12.2. The van der Waals surface area contributed by atoms with E-state index in [0.717, 1.165) is 94.1 Å². The first-order chi connectivity index (χ1) is 28.0. The molecular weight excluding hydrogens is 695 g/mol. The molecule has 0 radical (unpaired) electrons. The van der Waals surface area contributed by atoms with Crippen LogP contribution in [0.1, 0.15) is 23.6 Å². The van der Waals surface area contributed by atoms with Gasteiger partial charge in [0.15, 0.2) is 0 Å². The fourth-order valence-electron chi connectivity index (χ4n) is 7.78. The molecule has 8 aromatic carbocycles. The van der Waals surface area contributed by atoms with Crippen LogP contribution in [0.4, 0.5) is 0 Å². The lowest BCUT2D eigenvalue weighted by Gasteiger charge is -2.13. The van der Waals surface area contributed by atoms with Crippen LogP contribution in [0.5, 0.6) is 0 Å². The van der Waals surface area contributed by atoms with Gasteiger partial charge in [0.2, 0.25) is 0 Å². The molecule has 0 saturated heterocycles. The van der Waals surface area contributed by atoms with Gasteiger partial charge in [0.25, 0.3) is 0 Å². The molecule has 0 bridgehead atoms. The second-order valence-electron chi connectivity index (χ2n) is 14.5. The van der Waals surface area contributed by atoms with Gasteiger partial charge in [0.1, 0.15) is 22.3 Å². The highest BCUT2D eigenvalue weighted by Gasteiger charge is 2.15. The highest BCUT2D eigenvalue weighted by molar-refractivity contribution is 6.15. The summed E-state index contributed by atoms with van der Waals surface area (Å²) in [5.74, 6) is 0. The van der Waals surface area contributed by atoms with Crippen molar-refractivity contribution in [2.45, 2.75) is 6.92 Å². The van der Waals surface area contributed by atoms with Crippen LogP contribution in [-0.2, 0) is 0 Å². The lowest BCUT2D eigenvalue weighted by atomic mass is 9.92. The van der Waals surface area contributed by atoms with Crippen LogP contribution in [0.25, 0.3) is 88.5 Å². The Morgan fingerprint density at radius 2 is 0.877 bits per heavy atom. The summed E-state index contributed by atoms with van der Waals surface area (Å²) in [6, 6.07) is 65.5. The Labute approximate surface area is 331 Å². The van der Waals surface area contributed by atoms with E-state index in [-0.39, 0.29) is 0 Å². The van der Waals surface area contributed by atoms with Gasteiger partial charge in [0.05, 0.1) is 11.4 Å². The molecule has 0 aliphatic rings. The summed E-state index contributed by atoms with van der Waals surface area (Å²) < 4.78 is 12.7. The fraction of sp³-hybridized carbons (Fsp3) is 0.0185. The van der Waals surface area contributed by atoms with Crippen molar-refractivity contribution >= 4 is 60.9 Å². The Morgan fingerprint density at radius 3 is 1.46 bits per heavy atom. The smallest absolute Gasteiger partial charge is 0.136 e. The lowest BCUT2D eigenvalue weighted by molar-refractivity contribution is 0.668. The summed E-state index contributed by atoms with van der Waals surface area (Å²) in [5, 5.41) is 4.41. The summed E-state index contributed by atoms with van der Waals surface area (Å²) in [6.07, 6.45) is 2.18. The van der Waals surface area contributed by atoms with E-state index < -0.39 is 0 Å². The molecule has 10 rings (SSSR count). The van der Waals surface area contributed by atoms with Crippen molar-refractivity contribution in [1.29, 1.82) is 0 Å². The van der Waals surface area contributed by atoms with Crippen LogP contribution in [0.2, 0.25) is 0 Å². The minimum atomic E-state index is 0.688. The van der Waals surface area contributed by atoms with Crippen molar-refractivity contribution in [3.63, 3.8) is 0 Å². The number of hydrogen-bond donors (Lipinski definition) is 0. The number of furan rings is 2. The van der Waals surface area contributed by atoms with Crippen LogP contribution >= 0.6 is 0 Å². The summed E-state index contributed by atoms with van der Waals surface area (Å²) >= 11 is 0. The summed E-state index contributed by atoms with van der Waals surface area (Å²) in [6.45, 7) is 6.59. The van der Waals surface area contributed by atoms with E-state index in [1.54, 1.807) is 0 Å². The minimum absolute atomic E-state index is 0.688. The highest BCUT2D eigenvalue weighted by atomic mass is 16.3. The molecule has 0 aliphatic heterocycles. The average Bonchev–Trinajstić information content (AvgIpc) is 3.84. The van der Waals surface area contributed by atoms with Gasteiger partial charge in [-0.2, -0.15) is 0 Å². The Bertz CT molecular complexity index is 3050. The minimum Gasteiger partial charge on any atom is -0.456 e. The molecule has 0 spiro atoms. The largest absolute Gasteiger partial charge is 0.456 e. The van der Waals surface area contributed by atoms with Crippen LogP contribution in [0.15, 0.2) is 215 Å². The standard InChI is InChI=1S/C54H37NO2/c1-35(37-21-23-40(24-22-37)39-15-7-4-8-16-39)29-50(55-36(2)38-13-5-3-6-14-38)45-31-43(41-25-27-48-46-17-9-11-19-51(46)56-53(48)33-41)30-44(32-45)42-26-28-49-47-18-10-12-20-52(47)57-54(49)34-42/h3-34H,2H2,1H3/b35-29+,55-50?. The van der Waals surface area contributed by atoms with E-state index in [0.29, 0.717) is 5.70 Å². The van der Waals surface area contributed by atoms with Crippen molar-refractivity contribution in [2.75, 3.05) is 0 Å². The van der Waals surface area contributed by atoms with E-state index >= 15 is 0 Å². The Hall–Kier alpha value is -7.49. The molecule has 3 nitrogen and oxygen atoms in total. The Morgan fingerprint density at radius 1 is 0.404 bits per heavy atom. The van der Waals surface area contributed by atoms with Gasteiger partial charge >= 0.3 is 0 Å². The predicted molar refractivity (Wildman–Crippen MR) is 239 cm³/mol. The monoisotopic (exact) mass is 731 g/mol. The van der Waals surface area contributed by atoms with Gasteiger partial charge in [-0.3, -0.25) is 0 Å². The van der Waals surface area contributed by atoms with Gasteiger partial charge in [-0.1, -0.05) is 140 Å². The quantitative estimate of drug-likeness (QED) is 0.146. The molecule has 57 heavy (non-hydrogen) atoms. The third-order valence-electron chi connectivity index (χ3n) is 10.8. The molecule has 0 fully saturated rings. The molecule has 270 valence electrons. The maximum atomic E-state index is 6.37. The molecule has 2 aromatic heterocycles. The number of fused-ring (bicyclic) bond motifs is 6. The molecular formula is C54H37NO2. The topological polar surface area (TPSA) is 38.6 Å². The molecule has 2 heterocycles. The second kappa shape index (κ2) is 14.3. The van der Waals surface area contributed by atoms with Crippen molar-refractivity contribution in [3.05, 3.63) is 217 Å². The fourth-order valence-corrected chi connectivity index (χ4v) is 7.78. The maximum Gasteiger partial charge on any atom is 0.136 e. The van der Waals surface area contributed by atoms with E-state index in [1.807, 2.05) is 48.5 Å². The van der Waals surface area contributed by atoms with Crippen molar-refractivity contribution in [2.24, 2.45) is 4.99 Å². The molecule has 10 aromatic rings. The number of benzene rings is 8. The molecule has 0 unspecified atom stereocenters. The molecule has 0 aliphatic carbocycles. The predicted octanol–water partition coefficient (Wildman–Crippen LogP) is 15.0. The summed E-state index contributed by atoms with van der Waals surface area (Å²) in [4.78, 5) is 5.28. The third-order valence-corrected chi connectivity index (χ3v) is 10.8. The number of aliphatic imine (C=N–C) groups is 1. The second-order valence-corrected chi connectivity index (χ2v) is 14.5. The van der Waals surface area contributed by atoms with E-state index in [4.69, 9.17) is 13.8 Å². The Kier molecular flexibility index (Phi) is 8.54. The van der Waals surface area contributed by atoms with E-state index in [9.17, 15) is 0 Å². The van der Waals surface area contributed by atoms with E-state index in [1.165, 1.54) is 11.1 Å². The van der Waals surface area contributed by atoms with Crippen LogP contribution in [-0.4, -0.2) is 5.71 Å². The SMILES string of the molecule is C=C(N=C(/C=C(\C)c1ccc(-c2ccccc2)cc1)c1cc(-c2ccc3c(c2)oc2ccccc23)cc(-c2ccc3c(c2)oc2ccccc23)c1)c1ccccc1. The van der Waals surface area contributed by atoms with Gasteiger partial charge in [-0.15, -0.1) is 0 Å². The number of allylic oxidation sites excluding steroid dienone is 2. The van der Waals surface area contributed by atoms with Crippen LogP contribution in [0.3, 0.4) is 0 Å². The molecule has 0 N–H and O–H groups in total. The zero-order valence-corrected chi connectivity index (χ0v) is 31.4. The van der Waals surface area contributed by atoms with Gasteiger partial charge < -0.3 is 8.83 Å². The third kappa shape index (κ3) is 6.56. The van der Waals surface area contributed by atoms with Crippen LogP contribution < -0.4 is 0 Å². The lowest BCUT2D eigenvalue weighted by Crippen LogP contribution is -2.01. The number of hydrogen-bond acceptors (Lipinski definition) is 3.